The molecule has 1 aromatic rings. The number of benzene rings is 1. The Balaban J connectivity index is -0.0000000566. The van der Waals surface area contributed by atoms with E-state index in [0.717, 1.165) is 10.0 Å². The summed E-state index contributed by atoms with van der Waals surface area (Å²) in [6, 6.07) is 9.70. The van der Waals surface area contributed by atoms with E-state index in [0.29, 0.717) is 0 Å². The Morgan fingerprint density at radius 2 is 1.08 bits per heavy atom. The summed E-state index contributed by atoms with van der Waals surface area (Å²) in [5.41, 5.74) is 1.04. The second-order valence-corrected chi connectivity index (χ2v) is 5.37. The average Bonchev–Trinajstić information content (AvgIpc) is 2.68. The van der Waals surface area contributed by atoms with Crippen LogP contribution in [0.1, 0.15) is 5.56 Å². The number of nitrogens with zero attached hydrogens (tertiary/aromatic N) is 1. The summed E-state index contributed by atoms with van der Waals surface area (Å²) in [6.45, 7) is 22.5. The van der Waals surface area contributed by atoms with Crippen molar-refractivity contribution in [3.63, 3.8) is 0 Å². The first-order valence-corrected chi connectivity index (χ1v) is 6.68. The second kappa shape index (κ2) is 38.5. The van der Waals surface area contributed by atoms with Crippen LogP contribution in [0.3, 0.4) is 0 Å². The molecule has 1 rings (SSSR count). The van der Waals surface area contributed by atoms with Crippen molar-refractivity contribution in [1.82, 2.24) is 0 Å². The van der Waals surface area contributed by atoms with Gasteiger partial charge in [0.2, 0.25) is 0 Å². The van der Waals surface area contributed by atoms with Gasteiger partial charge in [-0.15, -0.1) is 0 Å². The number of quaternary nitrogens is 1. The van der Waals surface area contributed by atoms with Gasteiger partial charge in [0.05, 0.1) is 28.2 Å². The van der Waals surface area contributed by atoms with Crippen LogP contribution < -0.4 is 5.11 Å². The Labute approximate surface area is 163 Å². The molecule has 0 heterocycles. The van der Waals surface area contributed by atoms with Gasteiger partial charge in [0.15, 0.2) is 0 Å². The van der Waals surface area contributed by atoms with Crippen molar-refractivity contribution < 1.29 is 48.7 Å². The van der Waals surface area contributed by atoms with Crippen molar-refractivity contribution in [3.8, 4) is 0 Å². The molecule has 0 radical (unpaired) electrons. The zero-order chi connectivity index (χ0) is 22.6. The van der Waals surface area contributed by atoms with Crippen LogP contribution in [0.2, 0.25) is 0 Å². The van der Waals surface area contributed by atoms with Gasteiger partial charge in [0, 0.05) is 0 Å². The van der Waals surface area contributed by atoms with Gasteiger partial charge in [-0.1, -0.05) is 0 Å². The number of hydrogen-bond donors (Lipinski definition) is 0. The van der Waals surface area contributed by atoms with Crippen molar-refractivity contribution >= 4 is 10.6 Å². The Bertz CT molecular complexity index is 496. The van der Waals surface area contributed by atoms with E-state index in [9.17, 15) is 5.11 Å². The number of hydrogen-bond acceptors (Lipinski definition) is 1. The van der Waals surface area contributed by atoms with Crippen molar-refractivity contribution in [2.45, 2.75) is 0 Å². The molecule has 0 bridgehead atoms. The van der Waals surface area contributed by atoms with E-state index >= 15 is 0 Å². The molecule has 0 spiro atoms. The summed E-state index contributed by atoms with van der Waals surface area (Å²) in [4.78, 5) is 0. The predicted molar refractivity (Wildman–Crippen MR) is 84.1 cm³/mol. The molecule has 8 heteroatoms. The van der Waals surface area contributed by atoms with Crippen molar-refractivity contribution in [2.75, 3.05) is 28.2 Å². The monoisotopic (exact) mass is 397 g/mol. The fourth-order valence-corrected chi connectivity index (χ4v) is 0.835. The van der Waals surface area contributed by atoms with Crippen LogP contribution in [-0.4, -0.2) is 37.2 Å². The molecular weight excluding hydrogens is 378 g/mol. The summed E-state index contributed by atoms with van der Waals surface area (Å²) in [5, 5.41) is 10.5. The van der Waals surface area contributed by atoms with E-state index in [-0.39, 0.29) is 4.57 Å². The first-order valence-electron chi connectivity index (χ1n) is 6.04. The fraction of sp³-hybridized carbons (Fsp3) is 0.222. The van der Waals surface area contributed by atoms with E-state index in [1.807, 2.05) is 30.3 Å². The third-order valence-corrected chi connectivity index (χ3v) is 1.42. The van der Waals surface area contributed by atoms with E-state index < -0.39 is 0 Å². The van der Waals surface area contributed by atoms with Crippen molar-refractivity contribution in [1.29, 1.82) is 0 Å². The first kappa shape index (κ1) is 39.2. The standard InChI is InChI=1S/C9H7O.C4H12N.5CO.Cr/c10-8-4-7-9-5-2-1-3-6-9;1-5(2,3)4;5*1-2;/h1-7H;1-4H3;;;;;;/q-1;+1;;;;;;/b7-4+;;;;;;;. The SMILES string of the molecule is C[N+](C)(C)C.[C-]#[O+].[C-]#[O+].[C-]#[O+].[C-]#[O+].[C-]#[O+].[O-][C](=[Cr])/C=C/c1ccccc1. The molecule has 7 nitrogen and oxygen atoms in total. The summed E-state index contributed by atoms with van der Waals surface area (Å²) in [6.07, 6.45) is 3.29. The molecule has 0 saturated carbocycles. The van der Waals surface area contributed by atoms with E-state index in [1.165, 1.54) is 6.08 Å². The molecule has 0 aliphatic heterocycles. The van der Waals surface area contributed by atoms with Gasteiger partial charge in [0.25, 0.3) is 0 Å². The van der Waals surface area contributed by atoms with Crippen molar-refractivity contribution in [2.24, 2.45) is 0 Å². The second-order valence-electron chi connectivity index (χ2n) is 4.75. The summed E-state index contributed by atoms with van der Waals surface area (Å²) < 4.78 is 38.5. The Morgan fingerprint density at radius 1 is 0.808 bits per heavy atom. The van der Waals surface area contributed by atoms with Crippen LogP contribution in [0, 0.1) is 33.3 Å². The van der Waals surface area contributed by atoms with Gasteiger partial charge in [-0.25, -0.2) is 0 Å². The minimum atomic E-state index is -0.0474. The molecule has 0 unspecified atom stereocenters. The zero-order valence-electron chi connectivity index (χ0n) is 14.8. The molecule has 26 heavy (non-hydrogen) atoms. The van der Waals surface area contributed by atoms with Crippen LogP contribution in [0.15, 0.2) is 36.4 Å². The normalized spacial score (nSPS) is 7.04. The van der Waals surface area contributed by atoms with Crippen molar-refractivity contribution in [3.05, 3.63) is 75.2 Å². The third-order valence-electron chi connectivity index (χ3n) is 1.21. The van der Waals surface area contributed by atoms with Crippen LogP contribution in [0.25, 0.3) is 6.08 Å². The fourth-order valence-electron chi connectivity index (χ4n) is 0.728. The molecule has 0 aliphatic carbocycles. The van der Waals surface area contributed by atoms with Crippen LogP contribution in [0.4, 0.5) is 0 Å². The van der Waals surface area contributed by atoms with E-state index in [1.54, 1.807) is 6.08 Å². The molecule has 1 aromatic carbocycles. The van der Waals surface area contributed by atoms with Gasteiger partial charge in [0.1, 0.15) is 0 Å². The van der Waals surface area contributed by atoms with Crippen LogP contribution in [0.5, 0.6) is 0 Å². The van der Waals surface area contributed by atoms with Gasteiger partial charge in [-0.2, -0.15) is 0 Å². The predicted octanol–water partition coefficient (Wildman–Crippen LogP) is 0.872. The molecule has 138 valence electrons. The molecule has 0 fully saturated rings. The number of rotatable bonds is 2. The summed E-state index contributed by atoms with van der Waals surface area (Å²) in [7, 11) is 8.50. The van der Waals surface area contributed by atoms with Gasteiger partial charge in [-0.3, -0.25) is 0 Å². The Hall–Kier alpha value is -2.02. The quantitative estimate of drug-likeness (QED) is 0.410. The molecule has 0 atom stereocenters. The average molecular weight is 397 g/mol. The zero-order valence-corrected chi connectivity index (χ0v) is 16.1. The Kier molecular flexibility index (Phi) is 58.0. The third kappa shape index (κ3) is 80.2. The van der Waals surface area contributed by atoms with E-state index in [4.69, 9.17) is 23.3 Å². The molecule has 0 amide bonds. The van der Waals surface area contributed by atoms with Crippen LogP contribution in [-0.2, 0) is 39.1 Å². The molecule has 0 aliphatic rings. The maximum absolute atomic E-state index is 10.5. The Morgan fingerprint density at radius 3 is 1.31 bits per heavy atom. The van der Waals surface area contributed by atoms with Gasteiger partial charge < -0.3 is 4.48 Å². The minimum absolute atomic E-state index is 0.0474. The molecular formula is C18H19CrNO6. The first-order chi connectivity index (χ1) is 12.3. The van der Waals surface area contributed by atoms with Gasteiger partial charge >= 0.3 is 130 Å². The maximum atomic E-state index is 10.5. The van der Waals surface area contributed by atoms with E-state index in [2.05, 4.69) is 77.3 Å². The van der Waals surface area contributed by atoms with Crippen LogP contribution >= 0.6 is 0 Å². The summed E-state index contributed by atoms with van der Waals surface area (Å²) >= 11 is 2.38. The molecule has 0 N–H and O–H groups in total. The van der Waals surface area contributed by atoms with Gasteiger partial charge in [-0.05, 0) is 0 Å². The molecule has 0 aromatic heterocycles. The molecule has 0 saturated heterocycles. The topological polar surface area (TPSA) is 123 Å². The summed E-state index contributed by atoms with van der Waals surface area (Å²) in [5.74, 6) is 0.